The molecule has 0 aromatic carbocycles. The third kappa shape index (κ3) is 5.80. The maximum absolute atomic E-state index is 12.1. The predicted molar refractivity (Wildman–Crippen MR) is 77.0 cm³/mol. The topological polar surface area (TPSA) is 66.5 Å². The van der Waals surface area contributed by atoms with E-state index in [1.54, 1.807) is 0 Å². The lowest BCUT2D eigenvalue weighted by atomic mass is 10.2. The van der Waals surface area contributed by atoms with Crippen molar-refractivity contribution in [2.75, 3.05) is 24.6 Å². The van der Waals surface area contributed by atoms with Gasteiger partial charge in [0.2, 0.25) is 0 Å². The summed E-state index contributed by atoms with van der Waals surface area (Å²) in [7, 11) is -2.93. The van der Waals surface area contributed by atoms with E-state index in [0.717, 1.165) is 38.8 Å². The highest BCUT2D eigenvalue weighted by Gasteiger charge is 2.29. The lowest BCUT2D eigenvalue weighted by Crippen LogP contribution is -2.46. The van der Waals surface area contributed by atoms with Crippen LogP contribution in [0.2, 0.25) is 0 Å². The van der Waals surface area contributed by atoms with E-state index in [2.05, 4.69) is 19.2 Å². The molecule has 1 heterocycles. The molecule has 1 N–H and O–H groups in total. The Morgan fingerprint density at radius 2 is 1.79 bits per heavy atom. The Labute approximate surface area is 116 Å². The molecule has 6 heteroatoms. The van der Waals surface area contributed by atoms with Gasteiger partial charge in [0.1, 0.15) is 0 Å². The van der Waals surface area contributed by atoms with Crippen LogP contribution in [-0.4, -0.2) is 50.0 Å². The fourth-order valence-electron chi connectivity index (χ4n) is 2.19. The SMILES string of the molecule is CCCCN(CCCC)C(=O)NC1CCS(=O)(=O)C1. The minimum Gasteiger partial charge on any atom is -0.334 e. The van der Waals surface area contributed by atoms with Crippen LogP contribution in [0, 0.1) is 0 Å². The first kappa shape index (κ1) is 16.3. The van der Waals surface area contributed by atoms with Crippen LogP contribution < -0.4 is 5.32 Å². The highest BCUT2D eigenvalue weighted by Crippen LogP contribution is 2.12. The molecule has 1 fully saturated rings. The van der Waals surface area contributed by atoms with E-state index in [9.17, 15) is 13.2 Å². The normalized spacial score (nSPS) is 21.3. The van der Waals surface area contributed by atoms with Gasteiger partial charge in [0.25, 0.3) is 0 Å². The van der Waals surface area contributed by atoms with Gasteiger partial charge in [-0.1, -0.05) is 26.7 Å². The molecule has 1 saturated heterocycles. The zero-order valence-electron chi connectivity index (χ0n) is 12.0. The molecular formula is C13H26N2O3S. The van der Waals surface area contributed by atoms with Gasteiger partial charge in [-0.15, -0.1) is 0 Å². The Morgan fingerprint density at radius 3 is 2.21 bits per heavy atom. The van der Waals surface area contributed by atoms with E-state index in [1.165, 1.54) is 0 Å². The molecule has 0 aliphatic carbocycles. The summed E-state index contributed by atoms with van der Waals surface area (Å²) in [5.74, 6) is 0.288. The monoisotopic (exact) mass is 290 g/mol. The lowest BCUT2D eigenvalue weighted by molar-refractivity contribution is 0.193. The second kappa shape index (κ2) is 7.72. The van der Waals surface area contributed by atoms with Crippen molar-refractivity contribution >= 4 is 15.9 Å². The fourth-order valence-corrected chi connectivity index (χ4v) is 3.86. The van der Waals surface area contributed by atoms with Crippen LogP contribution in [0.4, 0.5) is 4.79 Å². The lowest BCUT2D eigenvalue weighted by Gasteiger charge is -2.24. The number of carbonyl (C=O) groups is 1. The van der Waals surface area contributed by atoms with E-state index >= 15 is 0 Å². The zero-order valence-corrected chi connectivity index (χ0v) is 12.8. The van der Waals surface area contributed by atoms with E-state index in [-0.39, 0.29) is 23.6 Å². The van der Waals surface area contributed by atoms with Gasteiger partial charge in [-0.2, -0.15) is 0 Å². The second-order valence-corrected chi connectivity index (χ2v) is 7.47. The van der Waals surface area contributed by atoms with Crippen LogP contribution in [0.15, 0.2) is 0 Å². The zero-order chi connectivity index (χ0) is 14.3. The van der Waals surface area contributed by atoms with Crippen molar-refractivity contribution in [3.8, 4) is 0 Å². The van der Waals surface area contributed by atoms with E-state index in [0.29, 0.717) is 6.42 Å². The maximum atomic E-state index is 12.1. The highest BCUT2D eigenvalue weighted by atomic mass is 32.2. The quantitative estimate of drug-likeness (QED) is 0.777. The number of nitrogens with zero attached hydrogens (tertiary/aromatic N) is 1. The predicted octanol–water partition coefficient (Wildman–Crippen LogP) is 1.79. The van der Waals surface area contributed by atoms with Gasteiger partial charge in [-0.05, 0) is 19.3 Å². The summed E-state index contributed by atoms with van der Waals surface area (Å²) in [5.41, 5.74) is 0. The number of hydrogen-bond acceptors (Lipinski definition) is 3. The van der Waals surface area contributed by atoms with E-state index in [4.69, 9.17) is 0 Å². The number of carbonyl (C=O) groups excluding carboxylic acids is 1. The van der Waals surface area contributed by atoms with Crippen molar-refractivity contribution < 1.29 is 13.2 Å². The van der Waals surface area contributed by atoms with Gasteiger partial charge < -0.3 is 10.2 Å². The Balaban J connectivity index is 2.46. The maximum Gasteiger partial charge on any atom is 0.317 e. The minimum atomic E-state index is -2.93. The van der Waals surface area contributed by atoms with Crippen molar-refractivity contribution in [1.82, 2.24) is 10.2 Å². The number of urea groups is 1. The first-order chi connectivity index (χ1) is 8.98. The van der Waals surface area contributed by atoms with Gasteiger partial charge >= 0.3 is 6.03 Å². The van der Waals surface area contributed by atoms with Gasteiger partial charge in [0, 0.05) is 19.1 Å². The molecule has 1 aliphatic heterocycles. The molecule has 0 bridgehead atoms. The van der Waals surface area contributed by atoms with Crippen LogP contribution in [0.3, 0.4) is 0 Å². The molecule has 1 atom stereocenters. The van der Waals surface area contributed by atoms with Crippen molar-refractivity contribution in [3.63, 3.8) is 0 Å². The second-order valence-electron chi connectivity index (χ2n) is 5.24. The average molecular weight is 290 g/mol. The summed E-state index contributed by atoms with van der Waals surface area (Å²) in [5, 5.41) is 2.86. The summed E-state index contributed by atoms with van der Waals surface area (Å²) in [4.78, 5) is 14.0. The minimum absolute atomic E-state index is 0.0914. The first-order valence-electron chi connectivity index (χ1n) is 7.24. The Kier molecular flexibility index (Phi) is 6.62. The number of sulfone groups is 1. The van der Waals surface area contributed by atoms with E-state index in [1.807, 2.05) is 4.90 Å². The molecule has 0 aromatic heterocycles. The van der Waals surface area contributed by atoms with Gasteiger partial charge in [-0.25, -0.2) is 13.2 Å². The Hall–Kier alpha value is -0.780. The highest BCUT2D eigenvalue weighted by molar-refractivity contribution is 7.91. The molecule has 19 heavy (non-hydrogen) atoms. The van der Waals surface area contributed by atoms with Crippen LogP contribution in [0.1, 0.15) is 46.0 Å². The Bertz CT molecular complexity index is 373. The molecule has 0 aromatic rings. The molecule has 0 radical (unpaired) electrons. The van der Waals surface area contributed by atoms with Crippen molar-refractivity contribution in [2.24, 2.45) is 0 Å². The molecule has 0 spiro atoms. The van der Waals surface area contributed by atoms with Gasteiger partial charge in [0.05, 0.1) is 11.5 Å². The number of hydrogen-bond donors (Lipinski definition) is 1. The molecule has 1 rings (SSSR count). The first-order valence-corrected chi connectivity index (χ1v) is 9.06. The number of nitrogens with one attached hydrogen (secondary N) is 1. The molecule has 1 aliphatic rings. The standard InChI is InChI=1S/C13H26N2O3S/c1-3-5-8-15(9-6-4-2)13(16)14-12-7-10-19(17,18)11-12/h12H,3-11H2,1-2H3,(H,14,16). The largest absolute Gasteiger partial charge is 0.334 e. The fraction of sp³-hybridized carbons (Fsp3) is 0.923. The van der Waals surface area contributed by atoms with Crippen LogP contribution in [0.5, 0.6) is 0 Å². The summed E-state index contributed by atoms with van der Waals surface area (Å²) in [6.07, 6.45) is 4.62. The number of amides is 2. The summed E-state index contributed by atoms with van der Waals surface area (Å²) < 4.78 is 22.7. The van der Waals surface area contributed by atoms with Crippen LogP contribution in [-0.2, 0) is 9.84 Å². The van der Waals surface area contributed by atoms with Crippen LogP contribution in [0.25, 0.3) is 0 Å². The summed E-state index contributed by atoms with van der Waals surface area (Å²) in [6.45, 7) is 5.70. The molecule has 0 saturated carbocycles. The van der Waals surface area contributed by atoms with Crippen LogP contribution >= 0.6 is 0 Å². The molecule has 5 nitrogen and oxygen atoms in total. The molecular weight excluding hydrogens is 264 g/mol. The summed E-state index contributed by atoms with van der Waals surface area (Å²) in [6, 6.07) is -0.313. The molecule has 1 unspecified atom stereocenters. The smallest absolute Gasteiger partial charge is 0.317 e. The number of unbranched alkanes of at least 4 members (excludes halogenated alkanes) is 2. The molecule has 2 amide bonds. The summed E-state index contributed by atoms with van der Waals surface area (Å²) >= 11 is 0. The van der Waals surface area contributed by atoms with Gasteiger partial charge in [-0.3, -0.25) is 0 Å². The van der Waals surface area contributed by atoms with Crippen molar-refractivity contribution in [1.29, 1.82) is 0 Å². The number of rotatable bonds is 7. The van der Waals surface area contributed by atoms with Crippen molar-refractivity contribution in [3.05, 3.63) is 0 Å². The molecule has 112 valence electrons. The van der Waals surface area contributed by atoms with E-state index < -0.39 is 9.84 Å². The van der Waals surface area contributed by atoms with Gasteiger partial charge in [0.15, 0.2) is 9.84 Å². The third-order valence-electron chi connectivity index (χ3n) is 3.41. The third-order valence-corrected chi connectivity index (χ3v) is 5.18. The Morgan fingerprint density at radius 1 is 1.21 bits per heavy atom. The van der Waals surface area contributed by atoms with Crippen molar-refractivity contribution in [2.45, 2.75) is 52.0 Å². The average Bonchev–Trinajstić information content (AvgIpc) is 2.68.